The molecule has 0 saturated carbocycles. The minimum absolute atomic E-state index is 0.317. The van der Waals surface area contributed by atoms with Gasteiger partial charge in [-0.3, -0.25) is 4.79 Å². The average Bonchev–Trinajstić information content (AvgIpc) is 3.16. The van der Waals surface area contributed by atoms with E-state index in [1.165, 1.54) is 24.3 Å². The Morgan fingerprint density at radius 2 is 1.68 bits per heavy atom. The van der Waals surface area contributed by atoms with Gasteiger partial charge in [0.15, 0.2) is 0 Å². The van der Waals surface area contributed by atoms with Gasteiger partial charge in [-0.2, -0.15) is 5.10 Å². The number of nitrogens with zero attached hydrogens (tertiary/aromatic N) is 2. The fraction of sp³-hybridized carbons (Fsp3) is 0.0435. The number of aryl methyl sites for hydroxylation is 1. The van der Waals surface area contributed by atoms with Crippen molar-refractivity contribution in [2.24, 2.45) is 0 Å². The predicted molar refractivity (Wildman–Crippen MR) is 108 cm³/mol. The first-order valence-electron chi connectivity index (χ1n) is 8.89. The Labute approximate surface area is 162 Å². The zero-order chi connectivity index (χ0) is 19.5. The molecule has 1 amide bonds. The number of rotatable bonds is 4. The smallest absolute Gasteiger partial charge is 0.274 e. The van der Waals surface area contributed by atoms with E-state index in [1.54, 1.807) is 10.7 Å². The van der Waals surface area contributed by atoms with E-state index >= 15 is 0 Å². The Morgan fingerprint density at radius 3 is 2.39 bits per heavy atom. The maximum Gasteiger partial charge on any atom is 0.274 e. The van der Waals surface area contributed by atoms with Crippen molar-refractivity contribution in [3.63, 3.8) is 0 Å². The summed E-state index contributed by atoms with van der Waals surface area (Å²) in [5, 5.41) is 7.47. The topological polar surface area (TPSA) is 46.9 Å². The number of carbonyl (C=O) groups is 1. The van der Waals surface area contributed by atoms with Gasteiger partial charge < -0.3 is 5.32 Å². The van der Waals surface area contributed by atoms with Gasteiger partial charge in [-0.15, -0.1) is 0 Å². The van der Waals surface area contributed by atoms with Crippen molar-refractivity contribution in [2.45, 2.75) is 6.92 Å². The molecule has 0 aliphatic rings. The number of nitrogens with one attached hydrogen (secondary N) is 1. The summed E-state index contributed by atoms with van der Waals surface area (Å²) in [7, 11) is 0. The zero-order valence-electron chi connectivity index (χ0n) is 15.3. The van der Waals surface area contributed by atoms with Gasteiger partial charge in [-0.25, -0.2) is 9.07 Å². The first kappa shape index (κ1) is 17.7. The summed E-state index contributed by atoms with van der Waals surface area (Å²) in [4.78, 5) is 13.0. The Kier molecular flexibility index (Phi) is 4.72. The fourth-order valence-electron chi connectivity index (χ4n) is 2.98. The van der Waals surface area contributed by atoms with Gasteiger partial charge in [0.25, 0.3) is 5.91 Å². The second kappa shape index (κ2) is 7.48. The van der Waals surface area contributed by atoms with E-state index in [-0.39, 0.29) is 11.7 Å². The summed E-state index contributed by atoms with van der Waals surface area (Å²) in [6, 6.07) is 24.9. The molecule has 1 aromatic heterocycles. The van der Waals surface area contributed by atoms with Crippen LogP contribution in [-0.4, -0.2) is 15.7 Å². The number of carbonyl (C=O) groups excluding carboxylic acids is 1. The molecular weight excluding hydrogens is 353 g/mol. The van der Waals surface area contributed by atoms with E-state index in [9.17, 15) is 9.18 Å². The van der Waals surface area contributed by atoms with Crippen LogP contribution >= 0.6 is 0 Å². The molecular formula is C23H18FN3O. The third kappa shape index (κ3) is 3.69. The van der Waals surface area contributed by atoms with Crippen molar-refractivity contribution < 1.29 is 9.18 Å². The third-order valence-corrected chi connectivity index (χ3v) is 4.36. The molecule has 138 valence electrons. The van der Waals surface area contributed by atoms with Gasteiger partial charge in [0.1, 0.15) is 11.5 Å². The van der Waals surface area contributed by atoms with Gasteiger partial charge in [-0.05, 0) is 55.0 Å². The first-order valence-corrected chi connectivity index (χ1v) is 8.89. The van der Waals surface area contributed by atoms with E-state index < -0.39 is 0 Å². The number of amides is 1. The molecule has 0 aliphatic heterocycles. The van der Waals surface area contributed by atoms with Crippen molar-refractivity contribution in [3.05, 3.63) is 102 Å². The summed E-state index contributed by atoms with van der Waals surface area (Å²) in [5.41, 5.74) is 4.40. The normalized spacial score (nSPS) is 10.6. The Morgan fingerprint density at radius 1 is 0.929 bits per heavy atom. The Hall–Kier alpha value is -3.73. The number of hydrogen-bond donors (Lipinski definition) is 1. The van der Waals surface area contributed by atoms with Crippen LogP contribution in [0.3, 0.4) is 0 Å². The van der Waals surface area contributed by atoms with Crippen LogP contribution in [0.15, 0.2) is 84.9 Å². The Bertz CT molecular complexity index is 1120. The van der Waals surface area contributed by atoms with Crippen LogP contribution in [0.4, 0.5) is 10.1 Å². The molecule has 28 heavy (non-hydrogen) atoms. The van der Waals surface area contributed by atoms with Crippen LogP contribution in [0, 0.1) is 12.7 Å². The molecule has 0 atom stereocenters. The number of halogens is 1. The molecule has 0 aliphatic carbocycles. The van der Waals surface area contributed by atoms with E-state index in [0.29, 0.717) is 17.1 Å². The molecule has 0 spiro atoms. The summed E-state index contributed by atoms with van der Waals surface area (Å²) in [6.07, 6.45) is 0. The quantitative estimate of drug-likeness (QED) is 0.533. The molecule has 0 bridgehead atoms. The van der Waals surface area contributed by atoms with Crippen molar-refractivity contribution in [1.82, 2.24) is 9.78 Å². The molecule has 5 heteroatoms. The number of hydrogen-bond acceptors (Lipinski definition) is 2. The highest BCUT2D eigenvalue weighted by Gasteiger charge is 2.18. The number of aromatic nitrogens is 2. The second-order valence-corrected chi connectivity index (χ2v) is 6.49. The third-order valence-electron chi connectivity index (χ3n) is 4.36. The van der Waals surface area contributed by atoms with E-state index in [0.717, 1.165) is 16.8 Å². The summed E-state index contributed by atoms with van der Waals surface area (Å²) < 4.78 is 14.8. The average molecular weight is 371 g/mol. The lowest BCUT2D eigenvalue weighted by Crippen LogP contribution is -2.17. The first-order chi connectivity index (χ1) is 13.6. The highest BCUT2D eigenvalue weighted by molar-refractivity contribution is 6.04. The molecule has 0 saturated heterocycles. The molecule has 4 aromatic rings. The molecule has 4 nitrogen and oxygen atoms in total. The van der Waals surface area contributed by atoms with Gasteiger partial charge in [0.05, 0.1) is 11.4 Å². The van der Waals surface area contributed by atoms with E-state index in [1.807, 2.05) is 61.5 Å². The lowest BCUT2D eigenvalue weighted by molar-refractivity contribution is 0.101. The molecule has 1 N–H and O–H groups in total. The van der Waals surface area contributed by atoms with Crippen LogP contribution in [0.5, 0.6) is 0 Å². The van der Waals surface area contributed by atoms with E-state index in [4.69, 9.17) is 0 Å². The maximum absolute atomic E-state index is 13.1. The fourth-order valence-corrected chi connectivity index (χ4v) is 2.98. The molecule has 0 fully saturated rings. The zero-order valence-corrected chi connectivity index (χ0v) is 15.3. The minimum Gasteiger partial charge on any atom is -0.321 e. The summed E-state index contributed by atoms with van der Waals surface area (Å²) >= 11 is 0. The van der Waals surface area contributed by atoms with Gasteiger partial charge in [0.2, 0.25) is 0 Å². The predicted octanol–water partition coefficient (Wildman–Crippen LogP) is 5.24. The largest absolute Gasteiger partial charge is 0.321 e. The standard InChI is InChI=1S/C23H18FN3O/c1-16-6-5-9-20(14-16)27-22(15-21(26-27)17-7-3-2-4-8-17)23(28)25-19-12-10-18(24)11-13-19/h2-15H,1H3,(H,25,28). The highest BCUT2D eigenvalue weighted by atomic mass is 19.1. The number of anilines is 1. The molecule has 1 heterocycles. The summed E-state index contributed by atoms with van der Waals surface area (Å²) in [6.45, 7) is 1.99. The molecule has 3 aromatic carbocycles. The second-order valence-electron chi connectivity index (χ2n) is 6.49. The van der Waals surface area contributed by atoms with Crippen LogP contribution in [-0.2, 0) is 0 Å². The number of benzene rings is 3. The van der Waals surface area contributed by atoms with Crippen LogP contribution < -0.4 is 5.32 Å². The monoisotopic (exact) mass is 371 g/mol. The molecule has 4 rings (SSSR count). The minimum atomic E-state index is -0.353. The lowest BCUT2D eigenvalue weighted by Gasteiger charge is -2.09. The van der Waals surface area contributed by atoms with Crippen LogP contribution in [0.1, 0.15) is 16.1 Å². The van der Waals surface area contributed by atoms with Crippen LogP contribution in [0.25, 0.3) is 16.9 Å². The van der Waals surface area contributed by atoms with Crippen LogP contribution in [0.2, 0.25) is 0 Å². The van der Waals surface area contributed by atoms with Crippen molar-refractivity contribution in [1.29, 1.82) is 0 Å². The van der Waals surface area contributed by atoms with Gasteiger partial charge >= 0.3 is 0 Å². The molecule has 0 radical (unpaired) electrons. The van der Waals surface area contributed by atoms with Gasteiger partial charge in [-0.1, -0.05) is 42.5 Å². The lowest BCUT2D eigenvalue weighted by atomic mass is 10.1. The van der Waals surface area contributed by atoms with E-state index in [2.05, 4.69) is 10.4 Å². The van der Waals surface area contributed by atoms with Gasteiger partial charge in [0, 0.05) is 11.3 Å². The van der Waals surface area contributed by atoms with Crippen molar-refractivity contribution >= 4 is 11.6 Å². The van der Waals surface area contributed by atoms with Crippen molar-refractivity contribution in [2.75, 3.05) is 5.32 Å². The molecule has 0 unspecified atom stereocenters. The van der Waals surface area contributed by atoms with Crippen molar-refractivity contribution in [3.8, 4) is 16.9 Å². The Balaban J connectivity index is 1.76. The summed E-state index contributed by atoms with van der Waals surface area (Å²) in [5.74, 6) is -0.669. The highest BCUT2D eigenvalue weighted by Crippen LogP contribution is 2.23. The maximum atomic E-state index is 13.1. The SMILES string of the molecule is Cc1cccc(-n2nc(-c3ccccc3)cc2C(=O)Nc2ccc(F)cc2)c1.